The number of hydrogen-bond donors (Lipinski definition) is 1. The maximum atomic E-state index is 5.45. The summed E-state index contributed by atoms with van der Waals surface area (Å²) in [6.45, 7) is 4.28. The van der Waals surface area contributed by atoms with E-state index in [0.29, 0.717) is 0 Å². The highest BCUT2D eigenvalue weighted by Gasteiger charge is 2.25. The van der Waals surface area contributed by atoms with Gasteiger partial charge in [-0.15, -0.1) is 0 Å². The first-order valence-corrected chi connectivity index (χ1v) is 9.98. The lowest BCUT2D eigenvalue weighted by molar-refractivity contribution is 0.317. The number of methoxy groups -OCH3 is 1. The lowest BCUT2D eigenvalue weighted by atomic mass is 10.1. The molecule has 3 aromatic rings. The first-order valence-electron chi connectivity index (χ1n) is 9.98. The second kappa shape index (κ2) is 7.73. The van der Waals surface area contributed by atoms with Crippen LogP contribution in [-0.2, 0) is 0 Å². The molecule has 27 heavy (non-hydrogen) atoms. The van der Waals surface area contributed by atoms with Gasteiger partial charge in [0.05, 0.1) is 23.8 Å². The Balaban J connectivity index is 1.57. The second-order valence-electron chi connectivity index (χ2n) is 7.74. The Morgan fingerprint density at radius 1 is 1.07 bits per heavy atom. The largest absolute Gasteiger partial charge is 0.497 e. The fourth-order valence-electron chi connectivity index (χ4n) is 3.75. The van der Waals surface area contributed by atoms with Crippen molar-refractivity contribution in [2.75, 3.05) is 32.6 Å². The average Bonchev–Trinajstić information content (AvgIpc) is 3.51. The first-order chi connectivity index (χ1) is 13.2. The van der Waals surface area contributed by atoms with Crippen molar-refractivity contribution in [3.63, 3.8) is 0 Å². The summed E-state index contributed by atoms with van der Waals surface area (Å²) in [4.78, 5) is 7.37. The summed E-state index contributed by atoms with van der Waals surface area (Å²) in [6.07, 6.45) is 5.15. The number of anilines is 1. The molecule has 4 nitrogen and oxygen atoms in total. The van der Waals surface area contributed by atoms with Crippen molar-refractivity contribution in [3.05, 3.63) is 42.0 Å². The molecule has 4 heteroatoms. The molecule has 0 atom stereocenters. The minimum Gasteiger partial charge on any atom is -0.497 e. The molecule has 0 radical (unpaired) electrons. The third-order valence-electron chi connectivity index (χ3n) is 5.55. The molecule has 1 N–H and O–H groups in total. The normalized spacial score (nSPS) is 14.2. The molecule has 4 rings (SSSR count). The number of hydrogen-bond acceptors (Lipinski definition) is 4. The zero-order valence-electron chi connectivity index (χ0n) is 16.6. The number of rotatable bonds is 8. The van der Waals surface area contributed by atoms with Crippen LogP contribution in [0.1, 0.15) is 31.2 Å². The molecule has 0 bridgehead atoms. The van der Waals surface area contributed by atoms with E-state index >= 15 is 0 Å². The summed E-state index contributed by atoms with van der Waals surface area (Å²) in [5.41, 5.74) is 4.45. The Morgan fingerprint density at radius 3 is 2.70 bits per heavy atom. The summed E-state index contributed by atoms with van der Waals surface area (Å²) in [5, 5.41) is 6.01. The van der Waals surface area contributed by atoms with E-state index in [4.69, 9.17) is 9.72 Å². The lowest BCUT2D eigenvalue weighted by Gasteiger charge is -2.17. The summed E-state index contributed by atoms with van der Waals surface area (Å²) >= 11 is 0. The van der Waals surface area contributed by atoms with Crippen molar-refractivity contribution >= 4 is 27.5 Å². The van der Waals surface area contributed by atoms with Crippen LogP contribution in [-0.4, -0.2) is 43.2 Å². The molecule has 1 fully saturated rings. The predicted octanol–water partition coefficient (Wildman–Crippen LogP) is 4.99. The van der Waals surface area contributed by atoms with Gasteiger partial charge in [0.25, 0.3) is 0 Å². The lowest BCUT2D eigenvalue weighted by Crippen LogP contribution is -2.22. The van der Waals surface area contributed by atoms with Crippen LogP contribution in [0.25, 0.3) is 21.8 Å². The fraction of sp³-hybridized carbons (Fsp3) is 0.435. The Bertz CT molecular complexity index is 949. The van der Waals surface area contributed by atoms with E-state index in [1.54, 1.807) is 7.11 Å². The number of pyridine rings is 1. The third kappa shape index (κ3) is 4.01. The molecule has 142 valence electrons. The molecule has 1 aliphatic rings. The number of unbranched alkanes of at least 4 members (excludes halogenated alkanes) is 1. The average molecular weight is 364 g/mol. The van der Waals surface area contributed by atoms with E-state index < -0.39 is 0 Å². The second-order valence-corrected chi connectivity index (χ2v) is 7.74. The maximum Gasteiger partial charge on any atom is 0.119 e. The highest BCUT2D eigenvalue weighted by molar-refractivity contribution is 6.07. The Morgan fingerprint density at radius 2 is 1.93 bits per heavy atom. The van der Waals surface area contributed by atoms with E-state index in [2.05, 4.69) is 48.5 Å². The maximum absolute atomic E-state index is 5.45. The van der Waals surface area contributed by atoms with Crippen LogP contribution in [0.5, 0.6) is 5.75 Å². The van der Waals surface area contributed by atoms with E-state index in [0.717, 1.165) is 41.2 Å². The van der Waals surface area contributed by atoms with Gasteiger partial charge in [-0.2, -0.15) is 0 Å². The molecule has 1 heterocycles. The number of ether oxygens (including phenoxy) is 1. The summed E-state index contributed by atoms with van der Waals surface area (Å²) in [7, 11) is 3.96. The van der Waals surface area contributed by atoms with Gasteiger partial charge in [-0.05, 0) is 76.0 Å². The standard InChI is InChI=1S/C23H29N3O/c1-16-6-10-19-22(14-16)25-21-11-9-18(27-3)15-20(21)23(19)24-12-4-5-13-26(2)17-7-8-17/h6,9-11,14-15,17H,4-5,7-8,12-13H2,1-3H3,(H,24,25). The van der Waals surface area contributed by atoms with Crippen LogP contribution in [0.2, 0.25) is 0 Å². The van der Waals surface area contributed by atoms with Crippen molar-refractivity contribution in [1.82, 2.24) is 9.88 Å². The number of aryl methyl sites for hydroxylation is 1. The Labute approximate surface area is 161 Å². The molecule has 0 unspecified atom stereocenters. The van der Waals surface area contributed by atoms with Gasteiger partial charge < -0.3 is 15.0 Å². The Hall–Kier alpha value is -2.33. The van der Waals surface area contributed by atoms with Crippen molar-refractivity contribution in [2.24, 2.45) is 0 Å². The van der Waals surface area contributed by atoms with Gasteiger partial charge in [-0.1, -0.05) is 12.1 Å². The molecule has 0 aliphatic heterocycles. The molecular formula is C23H29N3O. The number of benzene rings is 2. The molecule has 0 saturated heterocycles. The summed E-state index contributed by atoms with van der Waals surface area (Å²) < 4.78 is 5.45. The molecule has 0 amide bonds. The minimum absolute atomic E-state index is 0.849. The van der Waals surface area contributed by atoms with Crippen molar-refractivity contribution in [1.29, 1.82) is 0 Å². The fourth-order valence-corrected chi connectivity index (χ4v) is 3.75. The highest BCUT2D eigenvalue weighted by Crippen LogP contribution is 2.33. The zero-order chi connectivity index (χ0) is 18.8. The van der Waals surface area contributed by atoms with Crippen LogP contribution >= 0.6 is 0 Å². The molecule has 1 aromatic heterocycles. The number of nitrogens with one attached hydrogen (secondary N) is 1. The van der Waals surface area contributed by atoms with Crippen molar-refractivity contribution in [2.45, 2.75) is 38.6 Å². The van der Waals surface area contributed by atoms with E-state index in [1.165, 1.54) is 42.4 Å². The number of aromatic nitrogens is 1. The monoisotopic (exact) mass is 363 g/mol. The SMILES string of the molecule is COc1ccc2nc3cc(C)ccc3c(NCCCCN(C)C3CC3)c2c1. The summed E-state index contributed by atoms with van der Waals surface area (Å²) in [5.74, 6) is 0.866. The number of fused-ring (bicyclic) bond motifs is 2. The van der Waals surface area contributed by atoms with Crippen LogP contribution in [0.3, 0.4) is 0 Å². The molecule has 2 aromatic carbocycles. The topological polar surface area (TPSA) is 37.4 Å². The Kier molecular flexibility index (Phi) is 5.17. The van der Waals surface area contributed by atoms with Gasteiger partial charge in [0.15, 0.2) is 0 Å². The van der Waals surface area contributed by atoms with E-state index in [9.17, 15) is 0 Å². The first kappa shape index (κ1) is 18.1. The summed E-state index contributed by atoms with van der Waals surface area (Å²) in [6, 6.07) is 13.5. The van der Waals surface area contributed by atoms with Crippen LogP contribution in [0.15, 0.2) is 36.4 Å². The number of nitrogens with zero attached hydrogens (tertiary/aromatic N) is 2. The molecule has 1 saturated carbocycles. The van der Waals surface area contributed by atoms with Crippen molar-refractivity contribution in [3.8, 4) is 5.75 Å². The third-order valence-corrected chi connectivity index (χ3v) is 5.55. The van der Waals surface area contributed by atoms with Crippen LogP contribution in [0.4, 0.5) is 5.69 Å². The van der Waals surface area contributed by atoms with Crippen LogP contribution < -0.4 is 10.1 Å². The van der Waals surface area contributed by atoms with E-state index in [1.807, 2.05) is 12.1 Å². The van der Waals surface area contributed by atoms with Gasteiger partial charge in [-0.3, -0.25) is 0 Å². The van der Waals surface area contributed by atoms with E-state index in [-0.39, 0.29) is 0 Å². The smallest absolute Gasteiger partial charge is 0.119 e. The van der Waals surface area contributed by atoms with Gasteiger partial charge in [0.2, 0.25) is 0 Å². The van der Waals surface area contributed by atoms with Gasteiger partial charge in [0.1, 0.15) is 5.75 Å². The quantitative estimate of drug-likeness (QED) is 0.452. The van der Waals surface area contributed by atoms with Gasteiger partial charge in [-0.25, -0.2) is 4.98 Å². The van der Waals surface area contributed by atoms with Gasteiger partial charge in [0, 0.05) is 23.4 Å². The van der Waals surface area contributed by atoms with Crippen molar-refractivity contribution < 1.29 is 4.74 Å². The molecule has 0 spiro atoms. The zero-order valence-corrected chi connectivity index (χ0v) is 16.6. The van der Waals surface area contributed by atoms with Crippen LogP contribution in [0, 0.1) is 6.92 Å². The minimum atomic E-state index is 0.849. The van der Waals surface area contributed by atoms with Gasteiger partial charge >= 0.3 is 0 Å². The molecular weight excluding hydrogens is 334 g/mol. The molecule has 1 aliphatic carbocycles. The predicted molar refractivity (Wildman–Crippen MR) is 114 cm³/mol. The highest BCUT2D eigenvalue weighted by atomic mass is 16.5.